The Hall–Kier alpha value is -3.16. The Kier molecular flexibility index (Phi) is 17.4. The van der Waals surface area contributed by atoms with E-state index in [4.69, 9.17) is 19.1 Å². The first-order chi connectivity index (χ1) is 26.1. The lowest BCUT2D eigenvalue weighted by atomic mass is 9.88. The van der Waals surface area contributed by atoms with Gasteiger partial charge in [0.1, 0.15) is 18.5 Å². The van der Waals surface area contributed by atoms with E-state index in [1.807, 2.05) is 0 Å². The molecule has 2 atom stereocenters. The first-order valence-corrected chi connectivity index (χ1v) is 18.9. The van der Waals surface area contributed by atoms with Crippen molar-refractivity contribution in [3.63, 3.8) is 0 Å². The van der Waals surface area contributed by atoms with Crippen molar-refractivity contribution in [2.24, 2.45) is 0 Å². The summed E-state index contributed by atoms with van der Waals surface area (Å²) >= 11 is 0. The molecule has 58 heavy (non-hydrogen) atoms. The highest BCUT2D eigenvalue weighted by Crippen LogP contribution is 2.64. The predicted molar refractivity (Wildman–Crippen MR) is 173 cm³/mol. The van der Waals surface area contributed by atoms with Gasteiger partial charge in [-0.1, -0.05) is 58.1 Å². The number of rotatable bonds is 23. The second-order valence-corrected chi connectivity index (χ2v) is 18.4. The van der Waals surface area contributed by atoms with Gasteiger partial charge >= 0.3 is 47.6 Å². The second kappa shape index (κ2) is 19.0. The third-order valence-electron chi connectivity index (χ3n) is 9.14. The number of carbonyl (C=O) groups is 1. The van der Waals surface area contributed by atoms with Crippen LogP contribution in [0.25, 0.3) is 0 Å². The lowest BCUT2D eigenvalue weighted by Gasteiger charge is -2.44. The van der Waals surface area contributed by atoms with Crippen LogP contribution >= 0.6 is 0 Å². The van der Waals surface area contributed by atoms with Crippen LogP contribution in [0.5, 0.6) is 5.75 Å². The number of benzene rings is 1. The average Bonchev–Trinajstić information content (AvgIpc) is 3.11. The molecule has 0 radical (unpaired) electrons. The number of halogens is 17. The lowest BCUT2D eigenvalue weighted by molar-refractivity contribution is -0.461. The zero-order chi connectivity index (χ0) is 45.6. The van der Waals surface area contributed by atoms with E-state index in [1.165, 1.54) is 76.7 Å². The van der Waals surface area contributed by atoms with Crippen molar-refractivity contribution < 1.29 is 104 Å². The molecule has 0 saturated carbocycles. The number of amides is 1. The molecule has 1 aromatic rings. The van der Waals surface area contributed by atoms with Gasteiger partial charge in [0.15, 0.2) is 8.32 Å². The van der Waals surface area contributed by atoms with Crippen molar-refractivity contribution in [3.8, 4) is 5.75 Å². The summed E-state index contributed by atoms with van der Waals surface area (Å²) in [7, 11) is -2.65. The number of hydrogen-bond acceptors (Lipinski definition) is 6. The van der Waals surface area contributed by atoms with Crippen LogP contribution in [0, 0.1) is 0 Å². The van der Waals surface area contributed by atoms with Crippen LogP contribution in [0.2, 0.25) is 17.1 Å². The van der Waals surface area contributed by atoms with Gasteiger partial charge < -0.3 is 19.0 Å². The minimum Gasteiger partial charge on any atom is -0.491 e. The molecule has 25 heteroatoms. The van der Waals surface area contributed by atoms with Crippen LogP contribution in [0.4, 0.5) is 74.6 Å². The molecule has 0 aliphatic carbocycles. The largest absolute Gasteiger partial charge is 0.491 e. The summed E-state index contributed by atoms with van der Waals surface area (Å²) in [6, 6.07) is 4.26. The zero-order valence-electron chi connectivity index (χ0n) is 30.9. The standard InChI is InChI=1S/C33H40F17NO6Si/c1-19(2)58(20(3)4,57-17-16-56-22-13-11-21(12-14-22)25(53)23(55-5)9-7-6-8-10-24(52)51-54)18-15-26(34,35)27(36,37)28(38,39)29(40,41)30(42,43)31(44,45)32(46,47)33(48,49)50/h6-8,10-14,19-20,23,25,53-54H,9,15-18H2,1-5H3,(H,51,52)/b7-6+,10-8+/t23-,25-/m0/s1. The summed E-state index contributed by atoms with van der Waals surface area (Å²) in [6.07, 6.45) is -6.86. The second-order valence-electron chi connectivity index (χ2n) is 13.4. The Bertz CT molecular complexity index is 1530. The topological polar surface area (TPSA) is 97.3 Å². The molecule has 0 bridgehead atoms. The SMILES string of the molecule is CO[C@@H](C/C=C/C=C/C(=O)NO)[C@@H](O)c1ccc(OCCO[Si](CCC(F)(F)C(F)(F)C(F)(F)C(F)(F)C(F)(F)C(F)(F)C(F)(F)C(F)(F)F)(C(C)C)C(C)C)cc1. The Morgan fingerprint density at radius 2 is 1.19 bits per heavy atom. The number of methoxy groups -OCH3 is 1. The maximum Gasteiger partial charge on any atom is 0.460 e. The Morgan fingerprint density at radius 1 is 0.724 bits per heavy atom. The summed E-state index contributed by atoms with van der Waals surface area (Å²) in [5.41, 5.74) is -0.0141. The van der Waals surface area contributed by atoms with Gasteiger partial charge in [0, 0.05) is 19.6 Å². The highest BCUT2D eigenvalue weighted by Gasteiger charge is 2.95. The molecule has 7 nitrogen and oxygen atoms in total. The normalized spacial score (nSPS) is 15.8. The van der Waals surface area contributed by atoms with Crippen LogP contribution < -0.4 is 10.2 Å². The van der Waals surface area contributed by atoms with E-state index in [2.05, 4.69) is 0 Å². The molecule has 0 heterocycles. The van der Waals surface area contributed by atoms with Gasteiger partial charge in [0.2, 0.25) is 0 Å². The van der Waals surface area contributed by atoms with E-state index < -0.39 is 111 Å². The highest BCUT2D eigenvalue weighted by atomic mass is 28.4. The fourth-order valence-corrected chi connectivity index (χ4v) is 10.0. The van der Waals surface area contributed by atoms with Gasteiger partial charge in [0.25, 0.3) is 5.91 Å². The van der Waals surface area contributed by atoms with Crippen LogP contribution in [-0.4, -0.2) is 98.6 Å². The van der Waals surface area contributed by atoms with Crippen LogP contribution in [0.15, 0.2) is 48.6 Å². The molecule has 0 aromatic heterocycles. The van der Waals surface area contributed by atoms with Crippen molar-refractivity contribution in [3.05, 3.63) is 54.1 Å². The number of aliphatic hydroxyl groups excluding tert-OH is 1. The fourth-order valence-electron chi connectivity index (χ4n) is 5.55. The van der Waals surface area contributed by atoms with Crippen molar-refractivity contribution in [1.29, 1.82) is 0 Å². The molecule has 0 aliphatic heterocycles. The van der Waals surface area contributed by atoms with E-state index in [9.17, 15) is 84.5 Å². The summed E-state index contributed by atoms with van der Waals surface area (Å²) in [4.78, 5) is 11.0. The summed E-state index contributed by atoms with van der Waals surface area (Å²) in [6.45, 7) is 4.35. The van der Waals surface area contributed by atoms with Crippen LogP contribution in [0.1, 0.15) is 52.2 Å². The minimum absolute atomic E-state index is 0.131. The van der Waals surface area contributed by atoms with Crippen molar-refractivity contribution in [1.82, 2.24) is 5.48 Å². The van der Waals surface area contributed by atoms with E-state index in [1.54, 1.807) is 6.08 Å². The van der Waals surface area contributed by atoms with Crippen molar-refractivity contribution in [2.45, 2.75) is 118 Å². The van der Waals surface area contributed by atoms with Gasteiger partial charge in [-0.2, -0.15) is 74.6 Å². The molecule has 1 amide bonds. The number of allylic oxidation sites excluding steroid dienone is 2. The minimum atomic E-state index is -8.69. The summed E-state index contributed by atoms with van der Waals surface area (Å²) in [5, 5.41) is 19.1. The Morgan fingerprint density at radius 3 is 1.62 bits per heavy atom. The molecule has 0 unspecified atom stereocenters. The molecular weight excluding hydrogens is 857 g/mol. The van der Waals surface area contributed by atoms with Crippen molar-refractivity contribution >= 4 is 14.2 Å². The number of alkyl halides is 17. The molecule has 1 aromatic carbocycles. The number of ether oxygens (including phenoxy) is 2. The molecule has 336 valence electrons. The molecule has 3 N–H and O–H groups in total. The third-order valence-corrected chi connectivity index (χ3v) is 14.8. The maximum atomic E-state index is 14.9. The summed E-state index contributed by atoms with van der Waals surface area (Å²) < 4.78 is 251. The number of nitrogens with one attached hydrogen (secondary N) is 1. The van der Waals surface area contributed by atoms with Gasteiger partial charge in [-0.3, -0.25) is 10.0 Å². The van der Waals surface area contributed by atoms with Gasteiger partial charge in [-0.25, -0.2) is 5.48 Å². The van der Waals surface area contributed by atoms with E-state index in [0.29, 0.717) is 5.56 Å². The average molecular weight is 898 g/mol. The number of carbonyl (C=O) groups excluding carboxylic acids is 1. The van der Waals surface area contributed by atoms with E-state index in [-0.39, 0.29) is 12.2 Å². The lowest BCUT2D eigenvalue weighted by Crippen LogP contribution is -2.74. The van der Waals surface area contributed by atoms with Crippen molar-refractivity contribution in [2.75, 3.05) is 20.3 Å². The monoisotopic (exact) mass is 897 g/mol. The quantitative estimate of drug-likeness (QED) is 0.0193. The first kappa shape index (κ1) is 52.9. The molecule has 0 aliphatic rings. The maximum absolute atomic E-state index is 14.9. The van der Waals surface area contributed by atoms with Crippen LogP contribution in [0.3, 0.4) is 0 Å². The molecule has 0 spiro atoms. The fraction of sp³-hybridized carbons (Fsp3) is 0.667. The van der Waals surface area contributed by atoms with Gasteiger partial charge in [-0.05, 0) is 41.2 Å². The highest BCUT2D eigenvalue weighted by molar-refractivity contribution is 6.76. The molecule has 1 rings (SSSR count). The number of aliphatic hydroxyl groups is 1. The van der Waals surface area contributed by atoms with E-state index >= 15 is 0 Å². The number of hydroxylamine groups is 1. The molecule has 0 saturated heterocycles. The van der Waals surface area contributed by atoms with Gasteiger partial charge in [0.05, 0.1) is 12.7 Å². The molecule has 0 fully saturated rings. The van der Waals surface area contributed by atoms with Gasteiger partial charge in [-0.15, -0.1) is 0 Å². The Balaban J connectivity index is 3.18. The number of hydrogen-bond donors (Lipinski definition) is 3. The molecular formula is C33H40F17NO6Si. The van der Waals surface area contributed by atoms with E-state index in [0.717, 1.165) is 6.08 Å². The predicted octanol–water partition coefficient (Wildman–Crippen LogP) is 10.3. The Labute approximate surface area is 321 Å². The summed E-state index contributed by atoms with van der Waals surface area (Å²) in [5.74, 6) is -57.4. The van der Waals surface area contributed by atoms with Crippen LogP contribution in [-0.2, 0) is 14.0 Å². The zero-order valence-corrected chi connectivity index (χ0v) is 31.9. The first-order valence-electron chi connectivity index (χ1n) is 16.7. The third kappa shape index (κ3) is 10.4. The smallest absolute Gasteiger partial charge is 0.460 e.